The number of hydrogen-bond acceptors (Lipinski definition) is 4. The van der Waals surface area contributed by atoms with E-state index in [0.717, 1.165) is 25.7 Å². The van der Waals surface area contributed by atoms with Gasteiger partial charge in [-0.1, -0.05) is 18.2 Å². The number of amides is 1. The fourth-order valence-corrected chi connectivity index (χ4v) is 5.90. The quantitative estimate of drug-likeness (QED) is 0.787. The van der Waals surface area contributed by atoms with E-state index < -0.39 is 10.0 Å². The summed E-state index contributed by atoms with van der Waals surface area (Å²) in [5.74, 6) is 0.325. The van der Waals surface area contributed by atoms with E-state index in [1.807, 2.05) is 0 Å². The Kier molecular flexibility index (Phi) is 6.88. The van der Waals surface area contributed by atoms with Gasteiger partial charge in [0, 0.05) is 25.6 Å². The minimum atomic E-state index is -3.56. The Labute approximate surface area is 167 Å². The first kappa shape index (κ1) is 21.0. The number of carbonyl (C=O) groups excluding carboxylic acids is 2. The van der Waals surface area contributed by atoms with Gasteiger partial charge >= 0.3 is 0 Å². The number of rotatable bonds is 6. The molecule has 3 rings (SSSR count). The first-order chi connectivity index (χ1) is 13.4. The molecule has 1 amide bonds. The predicted molar refractivity (Wildman–Crippen MR) is 107 cm³/mol. The molecule has 1 aliphatic carbocycles. The first-order valence-electron chi connectivity index (χ1n) is 10.2. The molecule has 28 heavy (non-hydrogen) atoms. The number of carbonyl (C=O) groups is 2. The summed E-state index contributed by atoms with van der Waals surface area (Å²) >= 11 is 0. The molecular weight excluding hydrogens is 376 g/mol. The summed E-state index contributed by atoms with van der Waals surface area (Å²) in [5.41, 5.74) is 0. The van der Waals surface area contributed by atoms with Crippen molar-refractivity contribution in [2.45, 2.75) is 62.8 Å². The van der Waals surface area contributed by atoms with Gasteiger partial charge in [-0.2, -0.15) is 4.31 Å². The Balaban J connectivity index is 1.54. The molecule has 6 nitrogen and oxygen atoms in total. The summed E-state index contributed by atoms with van der Waals surface area (Å²) in [6.07, 6.45) is 5.75. The van der Waals surface area contributed by atoms with E-state index in [0.29, 0.717) is 31.7 Å². The highest BCUT2D eigenvalue weighted by molar-refractivity contribution is 7.89. The topological polar surface area (TPSA) is 83.6 Å². The van der Waals surface area contributed by atoms with Gasteiger partial charge in [0.05, 0.1) is 10.8 Å². The van der Waals surface area contributed by atoms with Crippen molar-refractivity contribution < 1.29 is 18.0 Å². The fraction of sp³-hybridized carbons (Fsp3) is 0.619. The fourth-order valence-electron chi connectivity index (χ4n) is 4.35. The van der Waals surface area contributed by atoms with Crippen LogP contribution in [-0.4, -0.2) is 43.5 Å². The maximum absolute atomic E-state index is 12.8. The number of nitrogens with one attached hydrogen (secondary N) is 1. The molecule has 1 aromatic carbocycles. The van der Waals surface area contributed by atoms with E-state index in [-0.39, 0.29) is 35.1 Å². The van der Waals surface area contributed by atoms with Crippen LogP contribution in [0.25, 0.3) is 0 Å². The lowest BCUT2D eigenvalue weighted by Gasteiger charge is -2.33. The van der Waals surface area contributed by atoms with E-state index in [2.05, 4.69) is 5.32 Å². The maximum Gasteiger partial charge on any atom is 0.243 e. The van der Waals surface area contributed by atoms with Crippen LogP contribution in [0, 0.1) is 11.8 Å². The molecule has 0 aromatic heterocycles. The zero-order valence-corrected chi connectivity index (χ0v) is 17.3. The molecule has 0 unspecified atom stereocenters. The predicted octanol–water partition coefficient (Wildman–Crippen LogP) is 2.74. The Morgan fingerprint density at radius 2 is 1.75 bits per heavy atom. The number of ketones is 1. The summed E-state index contributed by atoms with van der Waals surface area (Å²) in [7, 11) is -3.56. The standard InChI is InChI=1S/C21H30N2O4S/c1-16(24)14-17-9-11-19(12-10-17)22-21(25)18-6-5-13-23(15-18)28(26,27)20-7-3-2-4-8-20/h2-4,7-8,17-19H,5-6,9-15H2,1H3,(H,22,25)/t17?,18-,19?/m0/s1. The zero-order chi connectivity index (χ0) is 20.1. The van der Waals surface area contributed by atoms with Crippen LogP contribution in [0.3, 0.4) is 0 Å². The maximum atomic E-state index is 12.8. The molecule has 1 saturated heterocycles. The van der Waals surface area contributed by atoms with Crippen molar-refractivity contribution in [3.63, 3.8) is 0 Å². The van der Waals surface area contributed by atoms with Crippen molar-refractivity contribution in [1.29, 1.82) is 0 Å². The molecule has 0 spiro atoms. The summed E-state index contributed by atoms with van der Waals surface area (Å²) in [5, 5.41) is 3.13. The molecule has 154 valence electrons. The van der Waals surface area contributed by atoms with Crippen molar-refractivity contribution in [2.24, 2.45) is 11.8 Å². The number of benzene rings is 1. The summed E-state index contributed by atoms with van der Waals surface area (Å²) in [4.78, 5) is 24.3. The second kappa shape index (κ2) is 9.18. The third-order valence-corrected chi connectivity index (χ3v) is 7.78. The molecule has 1 saturated carbocycles. The van der Waals surface area contributed by atoms with Crippen LogP contribution >= 0.6 is 0 Å². The van der Waals surface area contributed by atoms with Crippen molar-refractivity contribution in [1.82, 2.24) is 9.62 Å². The lowest BCUT2D eigenvalue weighted by atomic mass is 9.83. The van der Waals surface area contributed by atoms with Gasteiger partial charge in [0.1, 0.15) is 5.78 Å². The molecule has 1 aromatic rings. The second-order valence-electron chi connectivity index (χ2n) is 8.15. The third-order valence-electron chi connectivity index (χ3n) is 5.91. The van der Waals surface area contributed by atoms with Gasteiger partial charge in [0.15, 0.2) is 0 Å². The number of piperidine rings is 1. The Bertz CT molecular complexity index is 786. The van der Waals surface area contributed by atoms with Gasteiger partial charge in [0.2, 0.25) is 15.9 Å². The molecular formula is C21H30N2O4S. The number of hydrogen-bond donors (Lipinski definition) is 1. The molecule has 1 N–H and O–H groups in total. The van der Waals surface area contributed by atoms with Crippen LogP contribution in [0.4, 0.5) is 0 Å². The van der Waals surface area contributed by atoms with Crippen LogP contribution in [0.1, 0.15) is 51.9 Å². The number of Topliss-reactive ketones (excluding diaryl/α,β-unsaturated/α-hetero) is 1. The minimum absolute atomic E-state index is 0.0389. The summed E-state index contributed by atoms with van der Waals surface area (Å²) in [6.45, 7) is 2.33. The van der Waals surface area contributed by atoms with E-state index in [1.54, 1.807) is 37.3 Å². The van der Waals surface area contributed by atoms with Crippen molar-refractivity contribution in [2.75, 3.05) is 13.1 Å². The van der Waals surface area contributed by atoms with Gasteiger partial charge in [0.25, 0.3) is 0 Å². The average Bonchev–Trinajstić information content (AvgIpc) is 2.70. The smallest absolute Gasteiger partial charge is 0.243 e. The monoisotopic (exact) mass is 406 g/mol. The highest BCUT2D eigenvalue weighted by Crippen LogP contribution is 2.28. The van der Waals surface area contributed by atoms with Gasteiger partial charge in [-0.05, 0) is 63.5 Å². The van der Waals surface area contributed by atoms with Crippen molar-refractivity contribution in [3.8, 4) is 0 Å². The van der Waals surface area contributed by atoms with E-state index in [1.165, 1.54) is 4.31 Å². The number of sulfonamides is 1. The van der Waals surface area contributed by atoms with Crippen LogP contribution < -0.4 is 5.32 Å². The Morgan fingerprint density at radius 3 is 2.39 bits per heavy atom. The zero-order valence-electron chi connectivity index (χ0n) is 16.5. The third kappa shape index (κ3) is 5.20. The van der Waals surface area contributed by atoms with E-state index in [9.17, 15) is 18.0 Å². The van der Waals surface area contributed by atoms with E-state index >= 15 is 0 Å². The molecule has 0 radical (unpaired) electrons. The molecule has 1 aliphatic heterocycles. The lowest BCUT2D eigenvalue weighted by Crippen LogP contribution is -2.48. The number of nitrogens with zero attached hydrogens (tertiary/aromatic N) is 1. The van der Waals surface area contributed by atoms with Gasteiger partial charge in [-0.15, -0.1) is 0 Å². The highest BCUT2D eigenvalue weighted by atomic mass is 32.2. The molecule has 2 fully saturated rings. The normalized spacial score (nSPS) is 26.5. The van der Waals surface area contributed by atoms with Crippen molar-refractivity contribution >= 4 is 21.7 Å². The van der Waals surface area contributed by atoms with Gasteiger partial charge in [-0.25, -0.2) is 8.42 Å². The van der Waals surface area contributed by atoms with Crippen LogP contribution in [0.5, 0.6) is 0 Å². The van der Waals surface area contributed by atoms with E-state index in [4.69, 9.17) is 0 Å². The van der Waals surface area contributed by atoms with Gasteiger partial charge < -0.3 is 10.1 Å². The summed E-state index contributed by atoms with van der Waals surface area (Å²) in [6, 6.07) is 8.54. The van der Waals surface area contributed by atoms with Crippen LogP contribution in [0.15, 0.2) is 35.2 Å². The average molecular weight is 407 g/mol. The first-order valence-corrected chi connectivity index (χ1v) is 11.7. The Morgan fingerprint density at radius 1 is 1.07 bits per heavy atom. The second-order valence-corrected chi connectivity index (χ2v) is 10.1. The van der Waals surface area contributed by atoms with Gasteiger partial charge in [-0.3, -0.25) is 4.79 Å². The minimum Gasteiger partial charge on any atom is -0.353 e. The van der Waals surface area contributed by atoms with Crippen molar-refractivity contribution in [3.05, 3.63) is 30.3 Å². The van der Waals surface area contributed by atoms with Crippen LogP contribution in [0.2, 0.25) is 0 Å². The molecule has 1 heterocycles. The molecule has 7 heteroatoms. The van der Waals surface area contributed by atoms with Crippen LogP contribution in [-0.2, 0) is 19.6 Å². The SMILES string of the molecule is CC(=O)CC1CCC(NC(=O)[C@H]2CCCN(S(=O)(=O)c3ccccc3)C2)CC1. The summed E-state index contributed by atoms with van der Waals surface area (Å²) < 4.78 is 27.1. The molecule has 1 atom stereocenters. The molecule has 2 aliphatic rings. The highest BCUT2D eigenvalue weighted by Gasteiger charge is 2.34. The largest absolute Gasteiger partial charge is 0.353 e. The Hall–Kier alpha value is -1.73. The molecule has 0 bridgehead atoms. The lowest BCUT2D eigenvalue weighted by molar-refractivity contribution is -0.127.